The van der Waals surface area contributed by atoms with Crippen LogP contribution in [0.25, 0.3) is 20.3 Å². The summed E-state index contributed by atoms with van der Waals surface area (Å²) in [4.78, 5) is 23.8. The summed E-state index contributed by atoms with van der Waals surface area (Å²) in [6.07, 6.45) is 3.19. The highest BCUT2D eigenvalue weighted by Crippen LogP contribution is 2.39. The molecule has 4 aromatic rings. The summed E-state index contributed by atoms with van der Waals surface area (Å²) in [6, 6.07) is 12.6. The molecule has 2 aromatic carbocycles. The average molecular weight is 455 g/mol. The van der Waals surface area contributed by atoms with E-state index in [4.69, 9.17) is 11.6 Å². The summed E-state index contributed by atoms with van der Waals surface area (Å²) in [5.74, 6) is 0.364. The molecule has 1 unspecified atom stereocenters. The van der Waals surface area contributed by atoms with Crippen molar-refractivity contribution < 1.29 is 9.18 Å². The zero-order chi connectivity index (χ0) is 21.4. The molecular formula is C23H20ClFN4OS. The fraction of sp³-hybridized carbons (Fsp3) is 0.261. The first-order chi connectivity index (χ1) is 15.1. The van der Waals surface area contributed by atoms with Crippen LogP contribution in [0.15, 0.2) is 48.8 Å². The number of carbonyl (C=O) groups is 1. The van der Waals surface area contributed by atoms with Gasteiger partial charge in [-0.15, -0.1) is 11.3 Å². The first-order valence-corrected chi connectivity index (χ1v) is 11.4. The molecule has 1 saturated heterocycles. The molecule has 1 amide bonds. The summed E-state index contributed by atoms with van der Waals surface area (Å²) in [7, 11) is 0. The Morgan fingerprint density at radius 2 is 2.10 bits per heavy atom. The van der Waals surface area contributed by atoms with Gasteiger partial charge >= 0.3 is 0 Å². The molecule has 0 spiro atoms. The number of nitrogens with one attached hydrogen (secondary N) is 1. The van der Waals surface area contributed by atoms with Crippen LogP contribution in [-0.4, -0.2) is 29.0 Å². The van der Waals surface area contributed by atoms with E-state index >= 15 is 0 Å². The molecule has 2 aromatic heterocycles. The number of hydrogen-bond donors (Lipinski definition) is 1. The lowest BCUT2D eigenvalue weighted by molar-refractivity contribution is -0.125. The van der Waals surface area contributed by atoms with Gasteiger partial charge in [0.2, 0.25) is 5.91 Å². The quantitative estimate of drug-likeness (QED) is 0.462. The average Bonchev–Trinajstić information content (AvgIpc) is 3.18. The highest BCUT2D eigenvalue weighted by Gasteiger charge is 2.28. The van der Waals surface area contributed by atoms with E-state index in [2.05, 4.69) is 20.2 Å². The van der Waals surface area contributed by atoms with Crippen molar-refractivity contribution in [3.63, 3.8) is 0 Å². The Morgan fingerprint density at radius 3 is 2.97 bits per heavy atom. The Balaban J connectivity index is 1.37. The standard InChI is InChI=1S/C23H20ClFN4OS/c24-16-7-2-1-5-14(16)11-26-23(30)15-6-4-10-29(12-15)22-21-20(27-13-28-22)19-17(25)8-3-9-18(19)31-21/h1-3,5,7-9,13,15H,4,6,10-12H2,(H,26,30). The Kier molecular flexibility index (Phi) is 5.46. The maximum absolute atomic E-state index is 14.4. The summed E-state index contributed by atoms with van der Waals surface area (Å²) < 4.78 is 16.1. The molecule has 1 atom stereocenters. The molecule has 1 fully saturated rings. The summed E-state index contributed by atoms with van der Waals surface area (Å²) in [5, 5.41) is 4.20. The zero-order valence-electron chi connectivity index (χ0n) is 16.6. The van der Waals surface area contributed by atoms with Crippen molar-refractivity contribution in [2.45, 2.75) is 19.4 Å². The van der Waals surface area contributed by atoms with Crippen LogP contribution in [0.4, 0.5) is 10.2 Å². The number of thiophene rings is 1. The molecule has 0 bridgehead atoms. The van der Waals surface area contributed by atoms with E-state index in [0.717, 1.165) is 40.2 Å². The van der Waals surface area contributed by atoms with Crippen molar-refractivity contribution in [1.82, 2.24) is 15.3 Å². The van der Waals surface area contributed by atoms with Gasteiger partial charge in [0, 0.05) is 29.4 Å². The normalized spacial score (nSPS) is 16.7. The molecule has 0 radical (unpaired) electrons. The van der Waals surface area contributed by atoms with Gasteiger partial charge in [-0.05, 0) is 36.6 Å². The van der Waals surface area contributed by atoms with Crippen LogP contribution in [0.5, 0.6) is 0 Å². The van der Waals surface area contributed by atoms with Crippen LogP contribution < -0.4 is 10.2 Å². The molecule has 1 aliphatic rings. The van der Waals surface area contributed by atoms with Crippen LogP contribution in [0.2, 0.25) is 5.02 Å². The highest BCUT2D eigenvalue weighted by molar-refractivity contribution is 7.26. The molecule has 5 rings (SSSR count). The first kappa shape index (κ1) is 20.2. The van der Waals surface area contributed by atoms with E-state index < -0.39 is 0 Å². The van der Waals surface area contributed by atoms with Crippen molar-refractivity contribution in [3.8, 4) is 0 Å². The molecule has 1 N–H and O–H groups in total. The van der Waals surface area contributed by atoms with Gasteiger partial charge < -0.3 is 10.2 Å². The third kappa shape index (κ3) is 3.83. The van der Waals surface area contributed by atoms with Crippen LogP contribution >= 0.6 is 22.9 Å². The molecule has 0 aliphatic carbocycles. The second kappa shape index (κ2) is 8.40. The summed E-state index contributed by atoms with van der Waals surface area (Å²) in [6.45, 7) is 1.77. The Bertz CT molecular complexity index is 1280. The minimum absolute atomic E-state index is 0.0114. The number of fused-ring (bicyclic) bond motifs is 3. The van der Waals surface area contributed by atoms with Crippen LogP contribution in [0.1, 0.15) is 18.4 Å². The molecule has 3 heterocycles. The fourth-order valence-electron chi connectivity index (χ4n) is 4.14. The third-order valence-corrected chi connectivity index (χ3v) is 7.22. The predicted octanol–water partition coefficient (Wildman–Crippen LogP) is 5.17. The van der Waals surface area contributed by atoms with Crippen molar-refractivity contribution in [2.24, 2.45) is 5.92 Å². The van der Waals surface area contributed by atoms with E-state index in [-0.39, 0.29) is 17.6 Å². The second-order valence-electron chi connectivity index (χ2n) is 7.68. The van der Waals surface area contributed by atoms with E-state index in [1.165, 1.54) is 23.7 Å². The molecular weight excluding hydrogens is 435 g/mol. The number of aromatic nitrogens is 2. The number of carbonyl (C=O) groups excluding carboxylic acids is 1. The van der Waals surface area contributed by atoms with Gasteiger partial charge in [0.25, 0.3) is 0 Å². The van der Waals surface area contributed by atoms with Crippen molar-refractivity contribution in [3.05, 3.63) is 65.2 Å². The summed E-state index contributed by atoms with van der Waals surface area (Å²) in [5.41, 5.74) is 1.53. The number of benzene rings is 2. The minimum Gasteiger partial charge on any atom is -0.355 e. The maximum atomic E-state index is 14.4. The second-order valence-corrected chi connectivity index (χ2v) is 9.14. The molecule has 158 valence electrons. The fourth-order valence-corrected chi connectivity index (χ4v) is 5.53. The highest BCUT2D eigenvalue weighted by atomic mass is 35.5. The molecule has 5 nitrogen and oxygen atoms in total. The third-order valence-electron chi connectivity index (χ3n) is 5.71. The van der Waals surface area contributed by atoms with Gasteiger partial charge in [0.1, 0.15) is 18.0 Å². The number of piperidine rings is 1. The van der Waals surface area contributed by atoms with Gasteiger partial charge in [0.15, 0.2) is 0 Å². The van der Waals surface area contributed by atoms with Gasteiger partial charge in [-0.1, -0.05) is 35.9 Å². The topological polar surface area (TPSA) is 58.1 Å². The lowest BCUT2D eigenvalue weighted by Gasteiger charge is -2.33. The number of rotatable bonds is 4. The van der Waals surface area contributed by atoms with Crippen LogP contribution in [-0.2, 0) is 11.3 Å². The number of halogens is 2. The number of anilines is 1. The van der Waals surface area contributed by atoms with Crippen LogP contribution in [0.3, 0.4) is 0 Å². The van der Waals surface area contributed by atoms with Gasteiger partial charge in [0.05, 0.1) is 21.5 Å². The predicted molar refractivity (Wildman–Crippen MR) is 123 cm³/mol. The van der Waals surface area contributed by atoms with E-state index in [1.54, 1.807) is 6.07 Å². The SMILES string of the molecule is O=C(NCc1ccccc1Cl)C1CCCN(c2ncnc3c2sc2cccc(F)c23)C1. The largest absolute Gasteiger partial charge is 0.355 e. The van der Waals surface area contributed by atoms with Crippen molar-refractivity contribution in [2.75, 3.05) is 18.0 Å². The van der Waals surface area contributed by atoms with E-state index in [9.17, 15) is 9.18 Å². The Morgan fingerprint density at radius 1 is 1.23 bits per heavy atom. The monoisotopic (exact) mass is 454 g/mol. The zero-order valence-corrected chi connectivity index (χ0v) is 18.2. The molecule has 8 heteroatoms. The van der Waals surface area contributed by atoms with Gasteiger partial charge in [-0.25, -0.2) is 14.4 Å². The van der Waals surface area contributed by atoms with E-state index in [1.807, 2.05) is 30.3 Å². The number of hydrogen-bond acceptors (Lipinski definition) is 5. The van der Waals surface area contributed by atoms with Gasteiger partial charge in [-0.2, -0.15) is 0 Å². The van der Waals surface area contributed by atoms with Gasteiger partial charge in [-0.3, -0.25) is 4.79 Å². The van der Waals surface area contributed by atoms with Crippen molar-refractivity contribution in [1.29, 1.82) is 0 Å². The number of nitrogens with zero attached hydrogens (tertiary/aromatic N) is 3. The van der Waals surface area contributed by atoms with Crippen LogP contribution in [0, 0.1) is 11.7 Å². The smallest absolute Gasteiger partial charge is 0.225 e. The Hall–Kier alpha value is -2.77. The molecule has 1 aliphatic heterocycles. The lowest BCUT2D eigenvalue weighted by Crippen LogP contribution is -2.43. The lowest BCUT2D eigenvalue weighted by atomic mass is 9.97. The first-order valence-electron chi connectivity index (χ1n) is 10.2. The summed E-state index contributed by atoms with van der Waals surface area (Å²) >= 11 is 7.69. The molecule has 31 heavy (non-hydrogen) atoms. The minimum atomic E-state index is -0.274. The number of amides is 1. The van der Waals surface area contributed by atoms with Crippen molar-refractivity contribution >= 4 is 55.0 Å². The molecule has 0 saturated carbocycles. The van der Waals surface area contributed by atoms with E-state index in [0.29, 0.717) is 29.0 Å². The Labute approximate surface area is 187 Å². The maximum Gasteiger partial charge on any atom is 0.225 e.